The van der Waals surface area contributed by atoms with Crippen LogP contribution in [0.1, 0.15) is 51.4 Å². The molecule has 1 aliphatic carbocycles. The molecule has 0 bridgehead atoms. The summed E-state index contributed by atoms with van der Waals surface area (Å²) in [6, 6.07) is 9.56. The van der Waals surface area contributed by atoms with Crippen molar-refractivity contribution in [2.24, 2.45) is 5.92 Å². The first-order valence-electron chi connectivity index (χ1n) is 10.5. The van der Waals surface area contributed by atoms with Crippen LogP contribution in [0.2, 0.25) is 0 Å². The summed E-state index contributed by atoms with van der Waals surface area (Å²) in [6.45, 7) is 2.99. The van der Waals surface area contributed by atoms with E-state index in [2.05, 4.69) is 0 Å². The van der Waals surface area contributed by atoms with E-state index in [9.17, 15) is 9.59 Å². The van der Waals surface area contributed by atoms with Crippen molar-refractivity contribution in [1.82, 2.24) is 9.80 Å². The number of hydrogen-bond donors (Lipinski definition) is 0. The van der Waals surface area contributed by atoms with Crippen LogP contribution in [0.4, 0.5) is 0 Å². The topological polar surface area (TPSA) is 49.9 Å². The lowest BCUT2D eigenvalue weighted by atomic mass is 9.86. The molecule has 5 nitrogen and oxygen atoms in total. The van der Waals surface area contributed by atoms with Gasteiger partial charge in [-0.2, -0.15) is 0 Å². The zero-order valence-corrected chi connectivity index (χ0v) is 16.3. The van der Waals surface area contributed by atoms with E-state index in [1.165, 1.54) is 32.1 Å². The molecule has 2 fully saturated rings. The molecule has 2 aliphatic rings. The fraction of sp³-hybridized carbons (Fsp3) is 0.636. The van der Waals surface area contributed by atoms with Gasteiger partial charge < -0.3 is 14.5 Å². The Balaban J connectivity index is 1.31. The van der Waals surface area contributed by atoms with E-state index in [1.54, 1.807) is 0 Å². The Bertz CT molecular complexity index is 591. The van der Waals surface area contributed by atoms with Crippen LogP contribution in [-0.2, 0) is 9.59 Å². The molecule has 27 heavy (non-hydrogen) atoms. The van der Waals surface area contributed by atoms with Crippen molar-refractivity contribution in [1.29, 1.82) is 0 Å². The van der Waals surface area contributed by atoms with Crippen molar-refractivity contribution in [3.63, 3.8) is 0 Å². The van der Waals surface area contributed by atoms with Gasteiger partial charge in [-0.1, -0.05) is 50.3 Å². The van der Waals surface area contributed by atoms with Gasteiger partial charge in [-0.3, -0.25) is 9.59 Å². The molecule has 1 aromatic rings. The molecule has 5 heteroatoms. The molecule has 3 rings (SSSR count). The van der Waals surface area contributed by atoms with E-state index in [4.69, 9.17) is 4.74 Å². The molecule has 1 saturated carbocycles. The molecule has 0 spiro atoms. The van der Waals surface area contributed by atoms with Gasteiger partial charge in [0.1, 0.15) is 5.75 Å². The molecule has 0 radical (unpaired) electrons. The van der Waals surface area contributed by atoms with Gasteiger partial charge in [0.05, 0.1) is 13.0 Å². The fourth-order valence-corrected chi connectivity index (χ4v) is 4.10. The molecule has 1 heterocycles. The van der Waals surface area contributed by atoms with Crippen LogP contribution in [0.3, 0.4) is 0 Å². The average Bonchev–Trinajstić information content (AvgIpc) is 2.73. The predicted molar refractivity (Wildman–Crippen MR) is 106 cm³/mol. The van der Waals surface area contributed by atoms with E-state index >= 15 is 0 Å². The van der Waals surface area contributed by atoms with Crippen LogP contribution in [0.25, 0.3) is 0 Å². The van der Waals surface area contributed by atoms with Crippen LogP contribution in [0.5, 0.6) is 5.75 Å². The van der Waals surface area contributed by atoms with Gasteiger partial charge in [0.25, 0.3) is 0 Å². The molecule has 0 atom stereocenters. The zero-order chi connectivity index (χ0) is 18.9. The Morgan fingerprint density at radius 2 is 1.44 bits per heavy atom. The lowest BCUT2D eigenvalue weighted by Crippen LogP contribution is -2.50. The van der Waals surface area contributed by atoms with E-state index < -0.39 is 0 Å². The van der Waals surface area contributed by atoms with Crippen molar-refractivity contribution < 1.29 is 14.3 Å². The van der Waals surface area contributed by atoms with Crippen molar-refractivity contribution in [2.45, 2.75) is 51.4 Å². The summed E-state index contributed by atoms with van der Waals surface area (Å²) in [4.78, 5) is 28.6. The van der Waals surface area contributed by atoms with Crippen molar-refractivity contribution in [3.05, 3.63) is 30.3 Å². The first kappa shape index (κ1) is 19.7. The Morgan fingerprint density at radius 3 is 2.07 bits per heavy atom. The van der Waals surface area contributed by atoms with Gasteiger partial charge >= 0.3 is 0 Å². The highest BCUT2D eigenvalue weighted by Gasteiger charge is 2.24. The number of nitrogens with zero attached hydrogens (tertiary/aromatic N) is 2. The molecule has 2 amide bonds. The van der Waals surface area contributed by atoms with Gasteiger partial charge in [0, 0.05) is 32.6 Å². The van der Waals surface area contributed by atoms with Crippen LogP contribution in [0, 0.1) is 5.92 Å². The van der Waals surface area contributed by atoms with E-state index in [-0.39, 0.29) is 11.8 Å². The van der Waals surface area contributed by atoms with Crippen LogP contribution >= 0.6 is 0 Å². The van der Waals surface area contributed by atoms with Gasteiger partial charge in [-0.15, -0.1) is 0 Å². The Labute approximate surface area is 162 Å². The summed E-state index contributed by atoms with van der Waals surface area (Å²) in [5, 5.41) is 0. The van der Waals surface area contributed by atoms with Crippen LogP contribution in [0.15, 0.2) is 30.3 Å². The van der Waals surface area contributed by atoms with Crippen molar-refractivity contribution >= 4 is 11.8 Å². The minimum Gasteiger partial charge on any atom is -0.493 e. The normalized spacial score (nSPS) is 18.4. The maximum Gasteiger partial charge on any atom is 0.226 e. The third-order valence-corrected chi connectivity index (χ3v) is 5.80. The lowest BCUT2D eigenvalue weighted by Gasteiger charge is -2.35. The second kappa shape index (κ2) is 10.3. The number of amides is 2. The third kappa shape index (κ3) is 6.26. The molecule has 0 unspecified atom stereocenters. The van der Waals surface area contributed by atoms with Gasteiger partial charge in [-0.25, -0.2) is 0 Å². The standard InChI is InChI=1S/C22H32N2O3/c25-21(12-11-19-7-3-1-4-8-19)23-14-16-24(17-15-23)22(26)13-18-27-20-9-5-2-6-10-20/h2,5-6,9-10,19H,1,3-4,7-8,11-18H2. The van der Waals surface area contributed by atoms with Crippen LogP contribution in [-0.4, -0.2) is 54.4 Å². The second-order valence-corrected chi connectivity index (χ2v) is 7.72. The number of hydrogen-bond acceptors (Lipinski definition) is 3. The highest BCUT2D eigenvalue weighted by Crippen LogP contribution is 2.27. The first-order chi connectivity index (χ1) is 13.2. The zero-order valence-electron chi connectivity index (χ0n) is 16.3. The fourth-order valence-electron chi connectivity index (χ4n) is 4.10. The quantitative estimate of drug-likeness (QED) is 0.736. The smallest absolute Gasteiger partial charge is 0.226 e. The summed E-state index contributed by atoms with van der Waals surface area (Å²) in [5.74, 6) is 1.91. The van der Waals surface area contributed by atoms with Crippen molar-refractivity contribution in [3.8, 4) is 5.75 Å². The third-order valence-electron chi connectivity index (χ3n) is 5.80. The molecule has 1 aromatic carbocycles. The van der Waals surface area contributed by atoms with E-state index in [0.717, 1.165) is 18.1 Å². The number of para-hydroxylation sites is 1. The SMILES string of the molecule is O=C(CCOc1ccccc1)N1CCN(C(=O)CCC2CCCCC2)CC1. The number of benzene rings is 1. The molecule has 1 saturated heterocycles. The van der Waals surface area contributed by atoms with Gasteiger partial charge in [0.15, 0.2) is 0 Å². The minimum absolute atomic E-state index is 0.111. The lowest BCUT2D eigenvalue weighted by molar-refractivity contribution is -0.140. The largest absolute Gasteiger partial charge is 0.493 e. The maximum atomic E-state index is 12.4. The minimum atomic E-state index is 0.111. The van der Waals surface area contributed by atoms with Crippen molar-refractivity contribution in [2.75, 3.05) is 32.8 Å². The Hall–Kier alpha value is -2.04. The predicted octanol–water partition coefficient (Wildman–Crippen LogP) is 3.49. The number of carbonyl (C=O) groups excluding carboxylic acids is 2. The summed E-state index contributed by atoms with van der Waals surface area (Å²) < 4.78 is 5.60. The van der Waals surface area contributed by atoms with Gasteiger partial charge in [-0.05, 0) is 24.5 Å². The highest BCUT2D eigenvalue weighted by molar-refractivity contribution is 5.78. The monoisotopic (exact) mass is 372 g/mol. The first-order valence-corrected chi connectivity index (χ1v) is 10.5. The second-order valence-electron chi connectivity index (χ2n) is 7.72. The summed E-state index contributed by atoms with van der Waals surface area (Å²) in [7, 11) is 0. The number of ether oxygens (including phenoxy) is 1. The number of piperazine rings is 1. The Morgan fingerprint density at radius 1 is 0.852 bits per heavy atom. The summed E-state index contributed by atoms with van der Waals surface area (Å²) in [6.07, 6.45) is 8.68. The van der Waals surface area contributed by atoms with E-state index in [0.29, 0.717) is 45.6 Å². The van der Waals surface area contributed by atoms with Crippen LogP contribution < -0.4 is 4.74 Å². The average molecular weight is 373 g/mol. The molecule has 1 aliphatic heterocycles. The van der Waals surface area contributed by atoms with E-state index in [1.807, 2.05) is 40.1 Å². The molecular formula is C22H32N2O3. The number of carbonyl (C=O) groups is 2. The number of rotatable bonds is 7. The molecular weight excluding hydrogens is 340 g/mol. The van der Waals surface area contributed by atoms with Gasteiger partial charge in [0.2, 0.25) is 11.8 Å². The highest BCUT2D eigenvalue weighted by atomic mass is 16.5. The summed E-state index contributed by atoms with van der Waals surface area (Å²) >= 11 is 0. The summed E-state index contributed by atoms with van der Waals surface area (Å²) in [5.41, 5.74) is 0. The Kier molecular flexibility index (Phi) is 7.55. The molecule has 0 aromatic heterocycles. The molecule has 148 valence electrons. The molecule has 0 N–H and O–H groups in total. The maximum absolute atomic E-state index is 12.4.